The molecule has 2 N–H and O–H groups in total. The molecule has 2 atom stereocenters. The van der Waals surface area contributed by atoms with Crippen LogP contribution in [0.25, 0.3) is 0 Å². The first-order valence-electron chi connectivity index (χ1n) is 7.00. The van der Waals surface area contributed by atoms with Crippen molar-refractivity contribution in [3.63, 3.8) is 0 Å². The van der Waals surface area contributed by atoms with Gasteiger partial charge in [0.15, 0.2) is 0 Å². The highest BCUT2D eigenvalue weighted by atomic mass is 32.2. The molecule has 0 unspecified atom stereocenters. The summed E-state index contributed by atoms with van der Waals surface area (Å²) in [7, 11) is 1.70. The van der Waals surface area contributed by atoms with E-state index >= 15 is 0 Å². The quantitative estimate of drug-likeness (QED) is 0.790. The van der Waals surface area contributed by atoms with E-state index in [1.54, 1.807) is 7.11 Å². The Balaban J connectivity index is 2.27. The van der Waals surface area contributed by atoms with Gasteiger partial charge in [0.25, 0.3) is 0 Å². The molecule has 4 nitrogen and oxygen atoms in total. The summed E-state index contributed by atoms with van der Waals surface area (Å²) in [5, 5.41) is 5.96. The summed E-state index contributed by atoms with van der Waals surface area (Å²) < 4.78 is 5.59. The van der Waals surface area contributed by atoms with Gasteiger partial charge in [-0.15, -0.1) is 0 Å². The fraction of sp³-hybridized carbons (Fsp3) is 0.929. The molecular formula is C14H28N2O2S. The van der Waals surface area contributed by atoms with Crippen molar-refractivity contribution in [1.29, 1.82) is 0 Å². The van der Waals surface area contributed by atoms with Crippen LogP contribution in [0.3, 0.4) is 0 Å². The summed E-state index contributed by atoms with van der Waals surface area (Å²) in [5.74, 6) is 1.21. The van der Waals surface area contributed by atoms with Gasteiger partial charge in [0.2, 0.25) is 0 Å². The average molecular weight is 288 g/mol. The van der Waals surface area contributed by atoms with Crippen molar-refractivity contribution in [3.05, 3.63) is 0 Å². The Labute approximate surface area is 121 Å². The lowest BCUT2D eigenvalue weighted by molar-refractivity contribution is 0.00950. The molecule has 0 saturated carbocycles. The van der Waals surface area contributed by atoms with Crippen molar-refractivity contribution in [2.75, 3.05) is 19.4 Å². The molecule has 2 amide bonds. The van der Waals surface area contributed by atoms with Crippen LogP contribution in [0.4, 0.5) is 4.79 Å². The third kappa shape index (κ3) is 6.04. The lowest BCUT2D eigenvalue weighted by atomic mass is 10.00. The number of hydrogen-bond donors (Lipinski definition) is 2. The molecule has 112 valence electrons. The van der Waals surface area contributed by atoms with Gasteiger partial charge < -0.3 is 15.4 Å². The summed E-state index contributed by atoms with van der Waals surface area (Å²) in [6.07, 6.45) is 3.23. The second-order valence-corrected chi connectivity index (χ2v) is 7.98. The zero-order valence-corrected chi connectivity index (χ0v) is 13.7. The Kier molecular flexibility index (Phi) is 5.99. The number of methoxy groups -OCH3 is 1. The Morgan fingerprint density at radius 1 is 1.53 bits per heavy atom. The minimum absolute atomic E-state index is 0.0758. The zero-order valence-electron chi connectivity index (χ0n) is 12.8. The molecule has 1 fully saturated rings. The van der Waals surface area contributed by atoms with Crippen molar-refractivity contribution in [2.45, 2.75) is 63.3 Å². The average Bonchev–Trinajstić information content (AvgIpc) is 2.73. The van der Waals surface area contributed by atoms with Crippen molar-refractivity contribution in [3.8, 4) is 0 Å². The number of ether oxygens (including phenoxy) is 1. The van der Waals surface area contributed by atoms with Gasteiger partial charge in [-0.25, -0.2) is 4.79 Å². The maximum atomic E-state index is 11.9. The first kappa shape index (κ1) is 16.6. The van der Waals surface area contributed by atoms with Gasteiger partial charge >= 0.3 is 6.03 Å². The van der Waals surface area contributed by atoms with Gasteiger partial charge in [0.05, 0.1) is 5.60 Å². The highest BCUT2D eigenvalue weighted by molar-refractivity contribution is 8.00. The number of carbonyl (C=O) groups excluding carboxylic acids is 1. The number of urea groups is 1. The molecule has 0 aromatic carbocycles. The molecule has 19 heavy (non-hydrogen) atoms. The smallest absolute Gasteiger partial charge is 0.315 e. The molecule has 5 heteroatoms. The van der Waals surface area contributed by atoms with Crippen LogP contribution in [0, 0.1) is 0 Å². The van der Waals surface area contributed by atoms with E-state index < -0.39 is 0 Å². The predicted octanol–water partition coefficient (Wildman–Crippen LogP) is 2.77. The molecule has 1 rings (SSSR count). The van der Waals surface area contributed by atoms with Crippen LogP contribution in [0.15, 0.2) is 0 Å². The van der Waals surface area contributed by atoms with Gasteiger partial charge in [-0.3, -0.25) is 0 Å². The van der Waals surface area contributed by atoms with Gasteiger partial charge in [-0.2, -0.15) is 11.8 Å². The van der Waals surface area contributed by atoms with E-state index in [-0.39, 0.29) is 22.4 Å². The summed E-state index contributed by atoms with van der Waals surface area (Å²) >= 11 is 1.96. The van der Waals surface area contributed by atoms with Crippen molar-refractivity contribution < 1.29 is 9.53 Å². The van der Waals surface area contributed by atoms with Crippen LogP contribution < -0.4 is 10.6 Å². The molecule has 0 aliphatic carbocycles. The molecule has 0 aromatic rings. The summed E-state index contributed by atoms with van der Waals surface area (Å²) in [6, 6.07) is 0.0205. The van der Waals surface area contributed by atoms with E-state index in [0.29, 0.717) is 0 Å². The van der Waals surface area contributed by atoms with Crippen LogP contribution in [-0.2, 0) is 4.74 Å². The fourth-order valence-corrected chi connectivity index (χ4v) is 3.63. The third-order valence-electron chi connectivity index (χ3n) is 3.65. The minimum atomic E-state index is -0.208. The third-order valence-corrected chi connectivity index (χ3v) is 5.19. The lowest BCUT2D eigenvalue weighted by Gasteiger charge is -2.28. The molecule has 0 aromatic heterocycles. The minimum Gasteiger partial charge on any atom is -0.379 e. The summed E-state index contributed by atoms with van der Waals surface area (Å²) in [6.45, 7) is 9.03. The van der Waals surface area contributed by atoms with Crippen molar-refractivity contribution in [1.82, 2.24) is 10.6 Å². The van der Waals surface area contributed by atoms with E-state index in [0.717, 1.165) is 13.0 Å². The second kappa shape index (κ2) is 6.84. The van der Waals surface area contributed by atoms with Crippen molar-refractivity contribution >= 4 is 17.8 Å². The maximum Gasteiger partial charge on any atom is 0.315 e. The van der Waals surface area contributed by atoms with Crippen molar-refractivity contribution in [2.24, 2.45) is 0 Å². The monoisotopic (exact) mass is 288 g/mol. The number of nitrogens with one attached hydrogen (secondary N) is 2. The van der Waals surface area contributed by atoms with Gasteiger partial charge in [-0.05, 0) is 52.7 Å². The largest absolute Gasteiger partial charge is 0.379 e. The maximum absolute atomic E-state index is 11.9. The molecule has 1 aliphatic rings. The van der Waals surface area contributed by atoms with Gasteiger partial charge in [-0.1, -0.05) is 0 Å². The number of hydrogen-bond acceptors (Lipinski definition) is 3. The Morgan fingerprint density at radius 3 is 2.74 bits per heavy atom. The Bertz CT molecular complexity index is 302. The number of rotatable bonds is 6. The summed E-state index contributed by atoms with van der Waals surface area (Å²) in [5.41, 5.74) is -0.208. The van der Waals surface area contributed by atoms with Crippen LogP contribution in [0.5, 0.6) is 0 Å². The molecular weight excluding hydrogens is 260 g/mol. The number of thioether (sulfide) groups is 1. The highest BCUT2D eigenvalue weighted by Gasteiger charge is 2.30. The lowest BCUT2D eigenvalue weighted by Crippen LogP contribution is -2.47. The van der Waals surface area contributed by atoms with Crippen LogP contribution in [-0.4, -0.2) is 41.8 Å². The van der Waals surface area contributed by atoms with E-state index in [1.165, 1.54) is 18.6 Å². The zero-order chi connectivity index (χ0) is 14.5. The van der Waals surface area contributed by atoms with E-state index in [9.17, 15) is 4.79 Å². The molecule has 0 bridgehead atoms. The fourth-order valence-electron chi connectivity index (χ4n) is 2.39. The van der Waals surface area contributed by atoms with E-state index in [4.69, 9.17) is 4.74 Å². The molecule has 1 aliphatic heterocycles. The first-order valence-corrected chi connectivity index (χ1v) is 7.98. The standard InChI is InChI=1S/C14H28N2O2S/c1-11(9-13(2,3)18-5)16-12(17)15-10-14(4)7-6-8-19-14/h11H,6-10H2,1-5H3,(H2,15,16,17)/t11-,14+/m1/s1. The molecule has 0 spiro atoms. The normalized spacial score (nSPS) is 25.1. The Hall–Kier alpha value is -0.420. The van der Waals surface area contributed by atoms with E-state index in [2.05, 4.69) is 17.6 Å². The first-order chi connectivity index (χ1) is 8.76. The van der Waals surface area contributed by atoms with E-state index in [1.807, 2.05) is 32.5 Å². The molecule has 1 saturated heterocycles. The van der Waals surface area contributed by atoms with Gasteiger partial charge in [0.1, 0.15) is 0 Å². The second-order valence-electron chi connectivity index (χ2n) is 6.30. The Morgan fingerprint density at radius 2 is 2.21 bits per heavy atom. The number of amides is 2. The SMILES string of the molecule is COC(C)(C)C[C@@H](C)NC(=O)NC[C@]1(C)CCCS1. The predicted molar refractivity (Wildman–Crippen MR) is 81.8 cm³/mol. The van der Waals surface area contributed by atoms with Gasteiger partial charge in [0, 0.05) is 24.4 Å². The van der Waals surface area contributed by atoms with Crippen LogP contribution in [0.1, 0.15) is 47.0 Å². The molecule has 1 heterocycles. The number of carbonyl (C=O) groups is 1. The van der Waals surface area contributed by atoms with Crippen LogP contribution in [0.2, 0.25) is 0 Å². The molecule has 0 radical (unpaired) electrons. The van der Waals surface area contributed by atoms with Crippen LogP contribution >= 0.6 is 11.8 Å². The topological polar surface area (TPSA) is 50.4 Å². The highest BCUT2D eigenvalue weighted by Crippen LogP contribution is 2.36. The summed E-state index contributed by atoms with van der Waals surface area (Å²) in [4.78, 5) is 11.9.